The van der Waals surface area contributed by atoms with Crippen LogP contribution in [0.2, 0.25) is 0 Å². The highest BCUT2D eigenvalue weighted by molar-refractivity contribution is 7.89. The molecule has 1 aromatic carbocycles. The molecule has 1 heterocycles. The van der Waals surface area contributed by atoms with Crippen LogP contribution in [0.25, 0.3) is 0 Å². The van der Waals surface area contributed by atoms with E-state index >= 15 is 0 Å². The molecule has 0 spiro atoms. The van der Waals surface area contributed by atoms with Gasteiger partial charge in [0, 0.05) is 31.0 Å². The van der Waals surface area contributed by atoms with Gasteiger partial charge in [0.1, 0.15) is 0 Å². The second-order valence-corrected chi connectivity index (χ2v) is 6.17. The molecule has 0 aliphatic carbocycles. The van der Waals surface area contributed by atoms with Crippen molar-refractivity contribution >= 4 is 15.8 Å². The van der Waals surface area contributed by atoms with Crippen LogP contribution >= 0.6 is 0 Å². The van der Waals surface area contributed by atoms with Gasteiger partial charge in [-0.3, -0.25) is 4.79 Å². The summed E-state index contributed by atoms with van der Waals surface area (Å²) < 4.78 is 28.5. The fraction of sp³-hybridized carbons (Fsp3) is 0.214. The highest BCUT2D eigenvalue weighted by atomic mass is 32.2. The van der Waals surface area contributed by atoms with Crippen molar-refractivity contribution in [3.05, 3.63) is 54.4 Å². The maximum atomic E-state index is 12.0. The van der Waals surface area contributed by atoms with Gasteiger partial charge < -0.3 is 4.57 Å². The first-order chi connectivity index (χ1) is 9.49. The van der Waals surface area contributed by atoms with Gasteiger partial charge in [-0.05, 0) is 31.2 Å². The SMILES string of the molecule is CC(=O)c1ccc(S(=O)(=O)NCCn2cccc2)cc1. The van der Waals surface area contributed by atoms with Crippen molar-refractivity contribution in [2.24, 2.45) is 0 Å². The van der Waals surface area contributed by atoms with Crippen LogP contribution in [0.4, 0.5) is 0 Å². The Morgan fingerprint density at radius 2 is 1.75 bits per heavy atom. The van der Waals surface area contributed by atoms with Gasteiger partial charge in [0.25, 0.3) is 0 Å². The van der Waals surface area contributed by atoms with Crippen molar-refractivity contribution in [1.82, 2.24) is 9.29 Å². The fourth-order valence-electron chi connectivity index (χ4n) is 1.78. The van der Waals surface area contributed by atoms with E-state index in [2.05, 4.69) is 4.72 Å². The van der Waals surface area contributed by atoms with E-state index in [-0.39, 0.29) is 10.7 Å². The van der Waals surface area contributed by atoms with Crippen molar-refractivity contribution in [3.63, 3.8) is 0 Å². The monoisotopic (exact) mass is 292 g/mol. The molecule has 0 saturated heterocycles. The maximum absolute atomic E-state index is 12.0. The molecule has 5 nitrogen and oxygen atoms in total. The first-order valence-electron chi connectivity index (χ1n) is 6.20. The molecule has 2 aromatic rings. The van der Waals surface area contributed by atoms with E-state index in [0.717, 1.165) is 0 Å². The molecule has 0 radical (unpaired) electrons. The molecule has 0 fully saturated rings. The number of hydrogen-bond acceptors (Lipinski definition) is 3. The van der Waals surface area contributed by atoms with Crippen LogP contribution in [0.15, 0.2) is 53.7 Å². The van der Waals surface area contributed by atoms with E-state index in [0.29, 0.717) is 18.7 Å². The summed E-state index contributed by atoms with van der Waals surface area (Å²) in [5, 5.41) is 0. The van der Waals surface area contributed by atoms with Gasteiger partial charge in [0.2, 0.25) is 10.0 Å². The zero-order valence-electron chi connectivity index (χ0n) is 11.1. The molecule has 0 aliphatic rings. The largest absolute Gasteiger partial charge is 0.353 e. The zero-order valence-corrected chi connectivity index (χ0v) is 11.9. The van der Waals surface area contributed by atoms with Gasteiger partial charge in [-0.2, -0.15) is 0 Å². The number of Topliss-reactive ketones (excluding diaryl/α,β-unsaturated/α-hetero) is 1. The zero-order chi connectivity index (χ0) is 14.6. The first kappa shape index (κ1) is 14.5. The van der Waals surface area contributed by atoms with Crippen molar-refractivity contribution in [2.45, 2.75) is 18.4 Å². The standard InChI is InChI=1S/C14H16N2O3S/c1-12(17)13-4-6-14(7-5-13)20(18,19)15-8-11-16-9-2-3-10-16/h2-7,9-10,15H,8,11H2,1H3. The minimum Gasteiger partial charge on any atom is -0.353 e. The second-order valence-electron chi connectivity index (χ2n) is 4.40. The summed E-state index contributed by atoms with van der Waals surface area (Å²) in [6, 6.07) is 9.68. The lowest BCUT2D eigenvalue weighted by Gasteiger charge is -2.08. The topological polar surface area (TPSA) is 68.2 Å². The molecule has 0 aliphatic heterocycles. The molecule has 106 valence electrons. The Balaban J connectivity index is 2.00. The van der Waals surface area contributed by atoms with Gasteiger partial charge >= 0.3 is 0 Å². The van der Waals surface area contributed by atoms with Crippen molar-refractivity contribution in [2.75, 3.05) is 6.54 Å². The number of sulfonamides is 1. The number of rotatable bonds is 6. The van der Waals surface area contributed by atoms with Crippen molar-refractivity contribution in [3.8, 4) is 0 Å². The predicted octanol–water partition coefficient (Wildman–Crippen LogP) is 1.67. The molecular weight excluding hydrogens is 276 g/mol. The van der Waals surface area contributed by atoms with Crippen LogP contribution in [0.5, 0.6) is 0 Å². The highest BCUT2D eigenvalue weighted by Gasteiger charge is 2.13. The average Bonchev–Trinajstić information content (AvgIpc) is 2.92. The van der Waals surface area contributed by atoms with Crippen LogP contribution in [0.1, 0.15) is 17.3 Å². The molecule has 6 heteroatoms. The summed E-state index contributed by atoms with van der Waals surface area (Å²) in [6.07, 6.45) is 3.74. The lowest BCUT2D eigenvalue weighted by atomic mass is 10.2. The Hall–Kier alpha value is -1.92. The number of nitrogens with one attached hydrogen (secondary N) is 1. The Bertz CT molecular complexity index is 674. The number of carbonyl (C=O) groups is 1. The summed E-state index contributed by atoms with van der Waals surface area (Å²) in [5.41, 5.74) is 0.497. The number of hydrogen-bond donors (Lipinski definition) is 1. The lowest BCUT2D eigenvalue weighted by Crippen LogP contribution is -2.27. The first-order valence-corrected chi connectivity index (χ1v) is 7.69. The minimum absolute atomic E-state index is 0.0884. The molecular formula is C14H16N2O3S. The van der Waals surface area contributed by atoms with Gasteiger partial charge in [-0.1, -0.05) is 12.1 Å². The third kappa shape index (κ3) is 3.55. The lowest BCUT2D eigenvalue weighted by molar-refractivity contribution is 0.101. The van der Waals surface area contributed by atoms with Gasteiger partial charge in [0.15, 0.2) is 5.78 Å². The summed E-state index contributed by atoms with van der Waals surface area (Å²) in [4.78, 5) is 11.3. The Labute approximate surface area is 118 Å². The molecule has 20 heavy (non-hydrogen) atoms. The number of aromatic nitrogens is 1. The Morgan fingerprint density at radius 1 is 1.15 bits per heavy atom. The second kappa shape index (κ2) is 6.02. The molecule has 0 atom stereocenters. The fourth-order valence-corrected chi connectivity index (χ4v) is 2.80. The van der Waals surface area contributed by atoms with Gasteiger partial charge in [-0.25, -0.2) is 13.1 Å². The van der Waals surface area contributed by atoms with E-state index in [1.54, 1.807) is 0 Å². The molecule has 1 N–H and O–H groups in total. The summed E-state index contributed by atoms with van der Waals surface area (Å²) in [5.74, 6) is -0.0884. The number of nitrogens with zero attached hydrogens (tertiary/aromatic N) is 1. The van der Waals surface area contributed by atoms with Crippen LogP contribution in [0, 0.1) is 0 Å². The Kier molecular flexibility index (Phi) is 4.36. The molecule has 0 saturated carbocycles. The summed E-state index contributed by atoms with van der Waals surface area (Å²) in [7, 11) is -3.53. The molecule has 0 amide bonds. The molecule has 0 unspecified atom stereocenters. The van der Waals surface area contributed by atoms with E-state index in [1.807, 2.05) is 29.1 Å². The average molecular weight is 292 g/mol. The van der Waals surface area contributed by atoms with Crippen LogP contribution in [0.3, 0.4) is 0 Å². The molecule has 1 aromatic heterocycles. The number of benzene rings is 1. The Morgan fingerprint density at radius 3 is 2.30 bits per heavy atom. The van der Waals surface area contributed by atoms with Crippen molar-refractivity contribution < 1.29 is 13.2 Å². The van der Waals surface area contributed by atoms with E-state index in [4.69, 9.17) is 0 Å². The van der Waals surface area contributed by atoms with E-state index in [1.165, 1.54) is 31.2 Å². The van der Waals surface area contributed by atoms with Crippen LogP contribution in [-0.4, -0.2) is 25.3 Å². The number of ketones is 1. The van der Waals surface area contributed by atoms with Crippen LogP contribution in [-0.2, 0) is 16.6 Å². The summed E-state index contributed by atoms with van der Waals surface area (Å²) >= 11 is 0. The van der Waals surface area contributed by atoms with E-state index in [9.17, 15) is 13.2 Å². The third-order valence-corrected chi connectivity index (χ3v) is 4.38. The quantitative estimate of drug-likeness (QED) is 0.823. The predicted molar refractivity (Wildman–Crippen MR) is 76.1 cm³/mol. The summed E-state index contributed by atoms with van der Waals surface area (Å²) in [6.45, 7) is 2.32. The van der Waals surface area contributed by atoms with Gasteiger partial charge in [-0.15, -0.1) is 0 Å². The maximum Gasteiger partial charge on any atom is 0.240 e. The van der Waals surface area contributed by atoms with Crippen molar-refractivity contribution in [1.29, 1.82) is 0 Å². The normalized spacial score (nSPS) is 11.4. The third-order valence-electron chi connectivity index (χ3n) is 2.90. The van der Waals surface area contributed by atoms with Crippen LogP contribution < -0.4 is 4.72 Å². The highest BCUT2D eigenvalue weighted by Crippen LogP contribution is 2.10. The van der Waals surface area contributed by atoms with E-state index < -0.39 is 10.0 Å². The number of carbonyl (C=O) groups excluding carboxylic acids is 1. The molecule has 0 bridgehead atoms. The minimum atomic E-state index is -3.53. The van der Waals surface area contributed by atoms with Gasteiger partial charge in [0.05, 0.1) is 4.90 Å². The smallest absolute Gasteiger partial charge is 0.240 e. The molecule has 2 rings (SSSR count).